The average molecular weight is 233 g/mol. The van der Waals surface area contributed by atoms with Gasteiger partial charge in [-0.2, -0.15) is 0 Å². The number of aliphatic hydroxyl groups excluding tert-OH is 1. The minimum atomic E-state index is 0.191. The predicted octanol–water partition coefficient (Wildman–Crippen LogP) is 2.54. The van der Waals surface area contributed by atoms with Crippen molar-refractivity contribution in [1.82, 2.24) is 5.32 Å². The molecular formula is C15H23NO. The third-order valence-electron chi connectivity index (χ3n) is 4.23. The maximum Gasteiger partial charge on any atom is 0.0582 e. The fourth-order valence-corrected chi connectivity index (χ4v) is 2.86. The monoisotopic (exact) mass is 233 g/mol. The topological polar surface area (TPSA) is 32.3 Å². The molecule has 2 heteroatoms. The van der Waals surface area contributed by atoms with Crippen molar-refractivity contribution >= 4 is 0 Å². The summed E-state index contributed by atoms with van der Waals surface area (Å²) in [4.78, 5) is 0. The summed E-state index contributed by atoms with van der Waals surface area (Å²) >= 11 is 0. The first-order valence-corrected chi connectivity index (χ1v) is 6.47. The van der Waals surface area contributed by atoms with E-state index in [9.17, 15) is 0 Å². The van der Waals surface area contributed by atoms with E-state index in [-0.39, 0.29) is 18.1 Å². The van der Waals surface area contributed by atoms with Crippen molar-refractivity contribution < 1.29 is 5.11 Å². The molecule has 1 aliphatic rings. The second-order valence-corrected chi connectivity index (χ2v) is 5.82. The number of rotatable bonds is 4. The quantitative estimate of drug-likeness (QED) is 0.837. The Bertz CT molecular complexity index is 360. The van der Waals surface area contributed by atoms with Crippen LogP contribution < -0.4 is 5.32 Å². The summed E-state index contributed by atoms with van der Waals surface area (Å²) in [6.45, 7) is 6.88. The zero-order valence-corrected chi connectivity index (χ0v) is 11.0. The van der Waals surface area contributed by atoms with Gasteiger partial charge in [-0.15, -0.1) is 0 Å². The van der Waals surface area contributed by atoms with Crippen LogP contribution in [0.2, 0.25) is 0 Å². The van der Waals surface area contributed by atoms with E-state index in [1.54, 1.807) is 0 Å². The van der Waals surface area contributed by atoms with Gasteiger partial charge in [0.25, 0.3) is 0 Å². The van der Waals surface area contributed by atoms with E-state index in [1.807, 2.05) is 6.92 Å². The predicted molar refractivity (Wildman–Crippen MR) is 71.1 cm³/mol. The van der Waals surface area contributed by atoms with Gasteiger partial charge in [-0.05, 0) is 30.2 Å². The summed E-state index contributed by atoms with van der Waals surface area (Å²) in [6, 6.07) is 11.4. The van der Waals surface area contributed by atoms with Gasteiger partial charge in [-0.1, -0.05) is 44.2 Å². The second-order valence-electron chi connectivity index (χ2n) is 5.82. The molecule has 0 unspecified atom stereocenters. The molecule has 0 amide bonds. The van der Waals surface area contributed by atoms with Crippen LogP contribution in [0, 0.1) is 5.41 Å². The van der Waals surface area contributed by atoms with Crippen LogP contribution in [0.1, 0.15) is 38.7 Å². The number of nitrogens with one attached hydrogen (secondary N) is 1. The van der Waals surface area contributed by atoms with E-state index in [0.717, 1.165) is 0 Å². The fourth-order valence-electron chi connectivity index (χ4n) is 2.86. The van der Waals surface area contributed by atoms with Crippen molar-refractivity contribution in [2.75, 3.05) is 6.61 Å². The molecule has 2 nitrogen and oxygen atoms in total. The molecule has 0 saturated heterocycles. The Balaban J connectivity index is 2.02. The zero-order chi connectivity index (χ0) is 12.5. The van der Waals surface area contributed by atoms with Gasteiger partial charge in [0.05, 0.1) is 6.61 Å². The zero-order valence-electron chi connectivity index (χ0n) is 11.0. The first kappa shape index (κ1) is 12.6. The molecule has 2 N–H and O–H groups in total. The third kappa shape index (κ3) is 2.38. The van der Waals surface area contributed by atoms with Crippen molar-refractivity contribution in [2.24, 2.45) is 5.41 Å². The summed E-state index contributed by atoms with van der Waals surface area (Å²) in [6.07, 6.45) is 1.17. The molecule has 0 radical (unpaired) electrons. The van der Waals surface area contributed by atoms with Crippen molar-refractivity contribution in [2.45, 2.75) is 45.2 Å². The van der Waals surface area contributed by atoms with Crippen LogP contribution >= 0.6 is 0 Å². The van der Waals surface area contributed by atoms with Gasteiger partial charge in [0, 0.05) is 12.1 Å². The molecular weight excluding hydrogens is 210 g/mol. The highest BCUT2D eigenvalue weighted by molar-refractivity contribution is 5.27. The van der Waals surface area contributed by atoms with Crippen molar-refractivity contribution in [3.63, 3.8) is 0 Å². The lowest BCUT2D eigenvalue weighted by atomic mass is 9.56. The highest BCUT2D eigenvalue weighted by Gasteiger charge is 2.48. The molecule has 1 aromatic rings. The molecule has 3 atom stereocenters. The summed E-state index contributed by atoms with van der Waals surface area (Å²) in [7, 11) is 0. The Morgan fingerprint density at radius 3 is 2.53 bits per heavy atom. The van der Waals surface area contributed by atoms with Gasteiger partial charge in [-0.3, -0.25) is 0 Å². The first-order valence-electron chi connectivity index (χ1n) is 6.47. The van der Waals surface area contributed by atoms with Crippen molar-refractivity contribution in [3.8, 4) is 0 Å². The molecule has 2 rings (SSSR count). The Morgan fingerprint density at radius 1 is 1.35 bits per heavy atom. The lowest BCUT2D eigenvalue weighted by Crippen LogP contribution is -2.58. The number of benzene rings is 1. The molecule has 0 aromatic heterocycles. The van der Waals surface area contributed by atoms with Crippen LogP contribution in [0.4, 0.5) is 0 Å². The summed E-state index contributed by atoms with van der Waals surface area (Å²) < 4.78 is 0. The van der Waals surface area contributed by atoms with Gasteiger partial charge in [0.1, 0.15) is 0 Å². The second kappa shape index (κ2) is 4.79. The fraction of sp³-hybridized carbons (Fsp3) is 0.600. The lowest BCUT2D eigenvalue weighted by molar-refractivity contribution is 0.0544. The highest BCUT2D eigenvalue weighted by atomic mass is 16.3. The van der Waals surface area contributed by atoms with E-state index in [4.69, 9.17) is 5.11 Å². The molecule has 17 heavy (non-hydrogen) atoms. The van der Waals surface area contributed by atoms with E-state index in [1.165, 1.54) is 12.0 Å². The Morgan fingerprint density at radius 2 is 2.00 bits per heavy atom. The third-order valence-corrected chi connectivity index (χ3v) is 4.23. The molecule has 1 aromatic carbocycles. The number of hydrogen-bond donors (Lipinski definition) is 2. The van der Waals surface area contributed by atoms with E-state index in [0.29, 0.717) is 12.0 Å². The molecule has 0 aliphatic heterocycles. The molecule has 0 heterocycles. The van der Waals surface area contributed by atoms with E-state index < -0.39 is 0 Å². The minimum absolute atomic E-state index is 0.191. The molecule has 1 fully saturated rings. The number of aliphatic hydroxyl groups is 1. The Kier molecular flexibility index (Phi) is 3.55. The maximum absolute atomic E-state index is 9.09. The van der Waals surface area contributed by atoms with Crippen LogP contribution in [0.3, 0.4) is 0 Å². The van der Waals surface area contributed by atoms with E-state index in [2.05, 4.69) is 49.5 Å². The summed E-state index contributed by atoms with van der Waals surface area (Å²) in [5, 5.41) is 12.6. The van der Waals surface area contributed by atoms with Gasteiger partial charge >= 0.3 is 0 Å². The van der Waals surface area contributed by atoms with Gasteiger partial charge < -0.3 is 10.4 Å². The normalized spacial score (nSPS) is 28.5. The van der Waals surface area contributed by atoms with Gasteiger partial charge in [0.15, 0.2) is 0 Å². The van der Waals surface area contributed by atoms with Crippen LogP contribution in [-0.4, -0.2) is 23.8 Å². The number of hydrogen-bond acceptors (Lipinski definition) is 2. The van der Waals surface area contributed by atoms with Gasteiger partial charge in [0.2, 0.25) is 0 Å². The van der Waals surface area contributed by atoms with Crippen LogP contribution in [0.5, 0.6) is 0 Å². The SMILES string of the molecule is C[C@H](CO)N[C@H]1C[C@H](c2ccccc2)C1(C)C. The van der Waals surface area contributed by atoms with Crippen molar-refractivity contribution in [3.05, 3.63) is 35.9 Å². The Hall–Kier alpha value is -0.860. The summed E-state index contributed by atoms with van der Waals surface area (Å²) in [5.74, 6) is 0.632. The first-order chi connectivity index (χ1) is 8.05. The standard InChI is InChI=1S/C15H23NO/c1-11(10-17)16-14-9-13(15(14,2)3)12-7-5-4-6-8-12/h4-8,11,13-14,16-17H,9-10H2,1-3H3/t11-,13-,14+/m1/s1. The molecule has 1 aliphatic carbocycles. The maximum atomic E-state index is 9.09. The van der Waals surface area contributed by atoms with Crippen molar-refractivity contribution in [1.29, 1.82) is 0 Å². The Labute approximate surface area is 104 Å². The molecule has 0 spiro atoms. The molecule has 1 saturated carbocycles. The average Bonchev–Trinajstić information content (AvgIpc) is 2.34. The summed E-state index contributed by atoms with van der Waals surface area (Å²) in [5.41, 5.74) is 1.71. The lowest BCUT2D eigenvalue weighted by Gasteiger charge is -2.53. The molecule has 0 bridgehead atoms. The van der Waals surface area contributed by atoms with Crippen LogP contribution in [0.15, 0.2) is 30.3 Å². The van der Waals surface area contributed by atoms with Gasteiger partial charge in [-0.25, -0.2) is 0 Å². The van der Waals surface area contributed by atoms with E-state index >= 15 is 0 Å². The largest absolute Gasteiger partial charge is 0.395 e. The smallest absolute Gasteiger partial charge is 0.0582 e. The minimum Gasteiger partial charge on any atom is -0.395 e. The van der Waals surface area contributed by atoms with Crippen LogP contribution in [0.25, 0.3) is 0 Å². The highest BCUT2D eigenvalue weighted by Crippen LogP contribution is 2.52. The van der Waals surface area contributed by atoms with Crippen LogP contribution in [-0.2, 0) is 0 Å². The molecule has 94 valence electrons.